The summed E-state index contributed by atoms with van der Waals surface area (Å²) in [5.74, 6) is -0.0743. The minimum atomic E-state index is -0.998. The molecule has 1 amide bonds. The van der Waals surface area contributed by atoms with Gasteiger partial charge in [-0.25, -0.2) is 0 Å². The van der Waals surface area contributed by atoms with E-state index in [4.69, 9.17) is 5.73 Å². The van der Waals surface area contributed by atoms with Crippen LogP contribution in [0.3, 0.4) is 0 Å². The molecule has 0 spiro atoms. The van der Waals surface area contributed by atoms with E-state index in [9.17, 15) is 4.79 Å². The van der Waals surface area contributed by atoms with Crippen molar-refractivity contribution >= 4 is 29.7 Å². The van der Waals surface area contributed by atoms with Crippen molar-refractivity contribution in [1.29, 1.82) is 0 Å². The summed E-state index contributed by atoms with van der Waals surface area (Å²) >= 11 is 1.71. The van der Waals surface area contributed by atoms with Crippen molar-refractivity contribution in [2.24, 2.45) is 5.73 Å². The SMILES string of the molecule is Cc1ccc(CN(C)C(=O)C(C)(N)c2ccccc2)s1.Cl. The van der Waals surface area contributed by atoms with Crippen LogP contribution in [0, 0.1) is 6.92 Å². The van der Waals surface area contributed by atoms with Crippen LogP contribution in [0.5, 0.6) is 0 Å². The van der Waals surface area contributed by atoms with Gasteiger partial charge >= 0.3 is 0 Å². The minimum Gasteiger partial charge on any atom is -0.339 e. The molecule has 0 radical (unpaired) electrons. The molecule has 5 heteroatoms. The third-order valence-corrected chi connectivity index (χ3v) is 4.34. The number of likely N-dealkylation sites (N-methyl/N-ethyl adjacent to an activating group) is 1. The molecule has 0 aliphatic heterocycles. The highest BCUT2D eigenvalue weighted by atomic mass is 35.5. The van der Waals surface area contributed by atoms with Gasteiger partial charge in [-0.3, -0.25) is 4.79 Å². The van der Waals surface area contributed by atoms with Gasteiger partial charge in [0.2, 0.25) is 5.91 Å². The van der Waals surface area contributed by atoms with Crippen LogP contribution < -0.4 is 5.73 Å². The van der Waals surface area contributed by atoms with Crippen LogP contribution in [0.1, 0.15) is 22.2 Å². The van der Waals surface area contributed by atoms with E-state index in [1.54, 1.807) is 30.2 Å². The maximum atomic E-state index is 12.6. The molecule has 0 bridgehead atoms. The van der Waals surface area contributed by atoms with E-state index in [0.717, 1.165) is 5.56 Å². The molecule has 2 aromatic rings. The second-order valence-corrected chi connectivity index (χ2v) is 6.61. The zero-order valence-corrected chi connectivity index (χ0v) is 14.1. The Hall–Kier alpha value is -1.36. The Kier molecular flexibility index (Phi) is 5.96. The van der Waals surface area contributed by atoms with E-state index in [-0.39, 0.29) is 18.3 Å². The molecular formula is C16H21ClN2OS. The predicted molar refractivity (Wildman–Crippen MR) is 90.8 cm³/mol. The number of nitrogens with zero attached hydrogens (tertiary/aromatic N) is 1. The largest absolute Gasteiger partial charge is 0.339 e. The number of carbonyl (C=O) groups is 1. The van der Waals surface area contributed by atoms with Crippen molar-refractivity contribution in [3.63, 3.8) is 0 Å². The molecule has 2 rings (SSSR count). The Morgan fingerprint density at radius 2 is 1.86 bits per heavy atom. The van der Waals surface area contributed by atoms with Crippen LogP contribution in [0.25, 0.3) is 0 Å². The Morgan fingerprint density at radius 3 is 2.38 bits per heavy atom. The normalized spacial score (nSPS) is 13.1. The first-order valence-electron chi connectivity index (χ1n) is 6.56. The third kappa shape index (κ3) is 4.06. The lowest BCUT2D eigenvalue weighted by Crippen LogP contribution is -2.49. The summed E-state index contributed by atoms with van der Waals surface area (Å²) in [6, 6.07) is 13.6. The Bertz CT molecular complexity index is 595. The maximum Gasteiger partial charge on any atom is 0.247 e. The van der Waals surface area contributed by atoms with Gasteiger partial charge in [0.15, 0.2) is 0 Å². The number of rotatable bonds is 4. The fourth-order valence-electron chi connectivity index (χ4n) is 2.18. The Balaban J connectivity index is 0.00000220. The monoisotopic (exact) mass is 324 g/mol. The molecule has 0 saturated carbocycles. The summed E-state index contributed by atoms with van der Waals surface area (Å²) in [7, 11) is 1.80. The van der Waals surface area contributed by atoms with Gasteiger partial charge in [-0.05, 0) is 31.5 Å². The molecular weight excluding hydrogens is 304 g/mol. The van der Waals surface area contributed by atoms with Gasteiger partial charge < -0.3 is 10.6 Å². The first-order chi connectivity index (χ1) is 9.41. The van der Waals surface area contributed by atoms with Gasteiger partial charge in [-0.15, -0.1) is 23.7 Å². The van der Waals surface area contributed by atoms with Gasteiger partial charge in [0.25, 0.3) is 0 Å². The van der Waals surface area contributed by atoms with Crippen molar-refractivity contribution in [2.45, 2.75) is 25.9 Å². The number of amides is 1. The van der Waals surface area contributed by atoms with Crippen LogP contribution in [0.4, 0.5) is 0 Å². The van der Waals surface area contributed by atoms with E-state index < -0.39 is 5.54 Å². The Labute approximate surface area is 136 Å². The number of hydrogen-bond acceptors (Lipinski definition) is 3. The van der Waals surface area contributed by atoms with E-state index in [1.165, 1.54) is 9.75 Å². The summed E-state index contributed by atoms with van der Waals surface area (Å²) in [5, 5.41) is 0. The van der Waals surface area contributed by atoms with Crippen LogP contribution in [-0.4, -0.2) is 17.9 Å². The number of benzene rings is 1. The molecule has 1 aromatic heterocycles. The summed E-state index contributed by atoms with van der Waals surface area (Å²) in [6.07, 6.45) is 0. The topological polar surface area (TPSA) is 46.3 Å². The average Bonchev–Trinajstić information content (AvgIpc) is 2.84. The fourth-order valence-corrected chi connectivity index (χ4v) is 3.12. The molecule has 1 atom stereocenters. The maximum absolute atomic E-state index is 12.6. The molecule has 2 N–H and O–H groups in total. The molecule has 0 fully saturated rings. The second kappa shape index (κ2) is 7.07. The molecule has 21 heavy (non-hydrogen) atoms. The number of thiophene rings is 1. The van der Waals surface area contributed by atoms with Crippen molar-refractivity contribution in [1.82, 2.24) is 4.90 Å². The van der Waals surface area contributed by atoms with Gasteiger partial charge in [0.1, 0.15) is 5.54 Å². The Morgan fingerprint density at radius 1 is 1.24 bits per heavy atom. The lowest BCUT2D eigenvalue weighted by molar-refractivity contribution is -0.135. The smallest absolute Gasteiger partial charge is 0.247 e. The van der Waals surface area contributed by atoms with Gasteiger partial charge in [0.05, 0.1) is 6.54 Å². The molecule has 1 heterocycles. The second-order valence-electron chi connectivity index (χ2n) is 5.24. The van der Waals surface area contributed by atoms with Gasteiger partial charge in [-0.1, -0.05) is 30.3 Å². The quantitative estimate of drug-likeness (QED) is 0.937. The standard InChI is InChI=1S/C16H20N2OS.ClH/c1-12-9-10-14(20-12)11-18(3)15(19)16(2,17)13-7-5-4-6-8-13;/h4-10H,11,17H2,1-3H3;1H. The van der Waals surface area contributed by atoms with E-state index in [2.05, 4.69) is 19.1 Å². The van der Waals surface area contributed by atoms with Gasteiger partial charge in [-0.2, -0.15) is 0 Å². The summed E-state index contributed by atoms with van der Waals surface area (Å²) < 4.78 is 0. The highest BCUT2D eigenvalue weighted by Gasteiger charge is 2.33. The lowest BCUT2D eigenvalue weighted by Gasteiger charge is -2.29. The van der Waals surface area contributed by atoms with Crippen LogP contribution in [0.15, 0.2) is 42.5 Å². The molecule has 0 aliphatic rings. The zero-order valence-electron chi connectivity index (χ0n) is 12.5. The summed E-state index contributed by atoms with van der Waals surface area (Å²) in [6.45, 7) is 4.42. The molecule has 1 aromatic carbocycles. The van der Waals surface area contributed by atoms with Gasteiger partial charge in [0, 0.05) is 16.8 Å². The van der Waals surface area contributed by atoms with E-state index in [1.807, 2.05) is 30.3 Å². The minimum absolute atomic E-state index is 0. The van der Waals surface area contributed by atoms with Crippen LogP contribution >= 0.6 is 23.7 Å². The molecule has 0 aliphatic carbocycles. The fraction of sp³-hybridized carbons (Fsp3) is 0.312. The number of carbonyl (C=O) groups excluding carboxylic acids is 1. The number of aryl methyl sites for hydroxylation is 1. The zero-order chi connectivity index (χ0) is 14.8. The van der Waals surface area contributed by atoms with E-state index >= 15 is 0 Å². The van der Waals surface area contributed by atoms with Crippen molar-refractivity contribution in [3.05, 3.63) is 57.8 Å². The first kappa shape index (κ1) is 17.7. The highest BCUT2D eigenvalue weighted by molar-refractivity contribution is 7.11. The number of halogens is 1. The first-order valence-corrected chi connectivity index (χ1v) is 7.38. The highest BCUT2D eigenvalue weighted by Crippen LogP contribution is 2.22. The third-order valence-electron chi connectivity index (χ3n) is 3.35. The summed E-state index contributed by atoms with van der Waals surface area (Å²) in [4.78, 5) is 16.7. The molecule has 1 unspecified atom stereocenters. The lowest BCUT2D eigenvalue weighted by atomic mass is 9.92. The molecule has 114 valence electrons. The van der Waals surface area contributed by atoms with Crippen LogP contribution in [-0.2, 0) is 16.9 Å². The average molecular weight is 325 g/mol. The molecule has 3 nitrogen and oxygen atoms in total. The number of hydrogen-bond donors (Lipinski definition) is 1. The van der Waals surface area contributed by atoms with E-state index in [0.29, 0.717) is 6.54 Å². The predicted octanol–water partition coefficient (Wildman–Crippen LogP) is 3.31. The van der Waals surface area contributed by atoms with Crippen molar-refractivity contribution in [3.8, 4) is 0 Å². The summed E-state index contributed by atoms with van der Waals surface area (Å²) in [5.41, 5.74) is 6.09. The van der Waals surface area contributed by atoms with Crippen molar-refractivity contribution < 1.29 is 4.79 Å². The molecule has 0 saturated heterocycles. The van der Waals surface area contributed by atoms with Crippen molar-refractivity contribution in [2.75, 3.05) is 7.05 Å². The van der Waals surface area contributed by atoms with Crippen LogP contribution in [0.2, 0.25) is 0 Å². The number of nitrogens with two attached hydrogens (primary N) is 1.